The van der Waals surface area contributed by atoms with Gasteiger partial charge in [-0.2, -0.15) is 0 Å². The largest absolute Gasteiger partial charge is 1.00 e. The minimum Gasteiger partial charge on any atom is -0.445 e. The van der Waals surface area contributed by atoms with Gasteiger partial charge in [0.05, 0.1) is 5.82 Å². The maximum absolute atomic E-state index is 12.7. The smallest absolute Gasteiger partial charge is 0.445 e. The van der Waals surface area contributed by atoms with E-state index in [9.17, 15) is 21.7 Å². The fourth-order valence-corrected chi connectivity index (χ4v) is 0.913. The van der Waals surface area contributed by atoms with Crippen LogP contribution in [0.25, 0.3) is 0 Å². The molecule has 0 N–H and O–H groups in total. The quantitative estimate of drug-likeness (QED) is 0.446. The van der Waals surface area contributed by atoms with E-state index in [2.05, 4.69) is 0 Å². The number of rotatable bonds is 1. The summed E-state index contributed by atoms with van der Waals surface area (Å²) in [6, 6.07) is 0.727. The second kappa shape index (κ2) is 5.07. The van der Waals surface area contributed by atoms with Crippen molar-refractivity contribution in [1.82, 2.24) is 0 Å². The maximum atomic E-state index is 12.7. The summed E-state index contributed by atoms with van der Waals surface area (Å²) in [4.78, 5) is 0. The normalized spacial score (nSPS) is 11.0. The number of benzene rings is 1. The average molecular weight is 234 g/mol. The van der Waals surface area contributed by atoms with Crippen LogP contribution in [0.1, 0.15) is 5.56 Å². The van der Waals surface area contributed by atoms with E-state index in [0.717, 1.165) is 0 Å². The van der Waals surface area contributed by atoms with Gasteiger partial charge in [-0.25, -0.2) is 8.78 Å². The van der Waals surface area contributed by atoms with Gasteiger partial charge in [0, 0.05) is 0 Å². The molecule has 0 saturated heterocycles. The first-order valence-electron chi connectivity index (χ1n) is 3.48. The van der Waals surface area contributed by atoms with Gasteiger partial charge in [0.1, 0.15) is 5.82 Å². The Kier molecular flexibility index (Phi) is 5.28. The Morgan fingerprint density at radius 3 is 1.93 bits per heavy atom. The monoisotopic (exact) mass is 234 g/mol. The third-order valence-electron chi connectivity index (χ3n) is 1.63. The minimum atomic E-state index is -5.48. The molecule has 0 atom stereocenters. The van der Waals surface area contributed by atoms with E-state index in [4.69, 9.17) is 0 Å². The van der Waals surface area contributed by atoms with Crippen LogP contribution in [0.3, 0.4) is 0 Å². The maximum Gasteiger partial charge on any atom is 1.00 e. The zero-order chi connectivity index (χ0) is 10.2. The molecule has 0 aliphatic heterocycles. The van der Waals surface area contributed by atoms with Gasteiger partial charge in [-0.15, -0.1) is 0 Å². The van der Waals surface area contributed by atoms with Gasteiger partial charge < -0.3 is 12.9 Å². The first-order chi connectivity index (χ1) is 5.82. The van der Waals surface area contributed by atoms with Crippen molar-refractivity contribution in [2.24, 2.45) is 0 Å². The number of hydrogen-bond acceptors (Lipinski definition) is 0. The molecular formula is C7H5BF5K. The second-order valence-electron chi connectivity index (χ2n) is 2.70. The van der Waals surface area contributed by atoms with E-state index >= 15 is 0 Å². The molecular weight excluding hydrogens is 229 g/mol. The average Bonchev–Trinajstić information content (AvgIpc) is 1.94. The van der Waals surface area contributed by atoms with Crippen molar-refractivity contribution in [3.05, 3.63) is 29.3 Å². The van der Waals surface area contributed by atoms with Crippen LogP contribution >= 0.6 is 0 Å². The second-order valence-corrected chi connectivity index (χ2v) is 2.70. The molecule has 0 fully saturated rings. The molecule has 72 valence electrons. The summed E-state index contributed by atoms with van der Waals surface area (Å²) in [6.07, 6.45) is 0. The molecule has 1 aromatic carbocycles. The van der Waals surface area contributed by atoms with E-state index in [0.29, 0.717) is 6.07 Å². The van der Waals surface area contributed by atoms with Crippen LogP contribution in [0.4, 0.5) is 21.7 Å². The topological polar surface area (TPSA) is 0 Å². The third-order valence-corrected chi connectivity index (χ3v) is 1.63. The van der Waals surface area contributed by atoms with Gasteiger partial charge in [-0.1, -0.05) is 11.5 Å². The SMILES string of the molecule is Cc1cc(F)c([B-](F)(F)F)cc1F.[K+]. The van der Waals surface area contributed by atoms with Crippen LogP contribution in [-0.2, 0) is 0 Å². The van der Waals surface area contributed by atoms with Crippen molar-refractivity contribution in [3.8, 4) is 0 Å². The van der Waals surface area contributed by atoms with Crippen molar-refractivity contribution >= 4 is 12.4 Å². The summed E-state index contributed by atoms with van der Waals surface area (Å²) in [5, 5.41) is 0. The molecule has 0 spiro atoms. The predicted molar refractivity (Wildman–Crippen MR) is 39.8 cm³/mol. The molecule has 0 bridgehead atoms. The van der Waals surface area contributed by atoms with Gasteiger partial charge in [0.25, 0.3) is 0 Å². The van der Waals surface area contributed by atoms with Crippen LogP contribution in [0.2, 0.25) is 0 Å². The minimum absolute atomic E-state index is 0. The fraction of sp³-hybridized carbons (Fsp3) is 0.143. The molecule has 1 aromatic rings. The first kappa shape index (κ1) is 14.6. The summed E-state index contributed by atoms with van der Waals surface area (Å²) in [5.41, 5.74) is -1.65. The molecule has 0 unspecified atom stereocenters. The molecule has 7 heteroatoms. The zero-order valence-electron chi connectivity index (χ0n) is 7.62. The molecule has 0 heterocycles. The van der Waals surface area contributed by atoms with Crippen molar-refractivity contribution in [1.29, 1.82) is 0 Å². The number of halogens is 5. The molecule has 0 saturated carbocycles. The molecule has 0 aliphatic rings. The van der Waals surface area contributed by atoms with Crippen LogP contribution in [0, 0.1) is 18.6 Å². The standard InChI is InChI=1S/C7H5BF5.K/c1-4-2-7(10)5(3-6(4)9)8(11,12)13;/h2-3H,1H3;/q-1;+1. The van der Waals surface area contributed by atoms with E-state index in [1.54, 1.807) is 0 Å². The van der Waals surface area contributed by atoms with E-state index in [1.165, 1.54) is 6.92 Å². The van der Waals surface area contributed by atoms with Crippen molar-refractivity contribution in [3.63, 3.8) is 0 Å². The zero-order valence-corrected chi connectivity index (χ0v) is 10.7. The first-order valence-corrected chi connectivity index (χ1v) is 3.48. The van der Waals surface area contributed by atoms with Crippen LogP contribution in [0.15, 0.2) is 12.1 Å². The van der Waals surface area contributed by atoms with E-state index in [-0.39, 0.29) is 63.0 Å². The van der Waals surface area contributed by atoms with Crippen LogP contribution in [-0.4, -0.2) is 6.98 Å². The molecule has 1 rings (SSSR count). The number of aryl methyl sites for hydroxylation is 1. The summed E-state index contributed by atoms with van der Waals surface area (Å²) < 4.78 is 61.3. The summed E-state index contributed by atoms with van der Waals surface area (Å²) in [6.45, 7) is -4.28. The van der Waals surface area contributed by atoms with Gasteiger partial charge in [0.15, 0.2) is 0 Å². The Bertz CT molecular complexity index is 336. The summed E-state index contributed by atoms with van der Waals surface area (Å²) in [5.74, 6) is -2.47. The molecule has 0 aliphatic carbocycles. The molecule has 0 nitrogen and oxygen atoms in total. The van der Waals surface area contributed by atoms with Gasteiger partial charge in [-0.3, -0.25) is 0 Å². The van der Waals surface area contributed by atoms with Crippen molar-refractivity contribution in [2.45, 2.75) is 6.92 Å². The van der Waals surface area contributed by atoms with Gasteiger partial charge >= 0.3 is 58.4 Å². The molecule has 0 radical (unpaired) electrons. The summed E-state index contributed by atoms with van der Waals surface area (Å²) >= 11 is 0. The molecule has 0 aromatic heterocycles. The molecule has 0 amide bonds. The van der Waals surface area contributed by atoms with Crippen molar-refractivity contribution < 1.29 is 73.1 Å². The predicted octanol–water partition coefficient (Wildman–Crippen LogP) is -0.668. The van der Waals surface area contributed by atoms with Crippen LogP contribution < -0.4 is 56.8 Å². The van der Waals surface area contributed by atoms with Gasteiger partial charge in [0.2, 0.25) is 0 Å². The summed E-state index contributed by atoms with van der Waals surface area (Å²) in [7, 11) is 0. The Labute approximate surface area is 120 Å². The Morgan fingerprint density at radius 1 is 1.00 bits per heavy atom. The van der Waals surface area contributed by atoms with E-state index in [1.807, 2.05) is 0 Å². The fourth-order valence-electron chi connectivity index (χ4n) is 0.913. The Morgan fingerprint density at radius 2 is 1.50 bits per heavy atom. The Hall–Kier alpha value is 0.571. The number of hydrogen-bond donors (Lipinski definition) is 0. The van der Waals surface area contributed by atoms with Crippen LogP contribution in [0.5, 0.6) is 0 Å². The third kappa shape index (κ3) is 3.30. The van der Waals surface area contributed by atoms with Gasteiger partial charge in [-0.05, 0) is 18.6 Å². The Balaban J connectivity index is 0.00000169. The molecule has 14 heavy (non-hydrogen) atoms. The van der Waals surface area contributed by atoms with E-state index < -0.39 is 24.1 Å². The van der Waals surface area contributed by atoms with Crippen molar-refractivity contribution in [2.75, 3.05) is 0 Å².